The lowest BCUT2D eigenvalue weighted by Gasteiger charge is -2.38. The standard InChI is InChI=1S/C24H30N4O5S/c29-22(25-20-14-34(32,33)15-21(20)27-11-4-1-5-12-27)16-7-6-8-17(13-16)28-24(31)19-10-3-2-9-18(19)23(30)26-28/h2-3,6-8,13,18-21H,1,4-5,9-12,14-15H2,(H,25,29)(H,26,30). The van der Waals surface area contributed by atoms with Crippen LogP contribution >= 0.6 is 0 Å². The average Bonchev–Trinajstić information content (AvgIpc) is 3.16. The molecular weight excluding hydrogens is 456 g/mol. The molecule has 182 valence electrons. The zero-order valence-electron chi connectivity index (χ0n) is 19.0. The minimum atomic E-state index is -3.23. The van der Waals surface area contributed by atoms with E-state index >= 15 is 0 Å². The molecular formula is C24H30N4O5S. The van der Waals surface area contributed by atoms with Crippen LogP contribution in [0, 0.1) is 11.8 Å². The number of hydrazine groups is 1. The number of likely N-dealkylation sites (tertiary alicyclic amines) is 1. The number of allylic oxidation sites excluding steroid dienone is 2. The summed E-state index contributed by atoms with van der Waals surface area (Å²) in [5.74, 6) is -1.58. The number of rotatable bonds is 4. The molecule has 0 aromatic heterocycles. The SMILES string of the molecule is O=C(NC1CS(=O)(=O)CC1N1CCCCC1)c1cccc(N2NC(=O)C3CC=CCC3C2=O)c1. The molecule has 1 aromatic rings. The second-order valence-corrected chi connectivity index (χ2v) is 11.8. The van der Waals surface area contributed by atoms with Gasteiger partial charge in [0.1, 0.15) is 0 Å². The van der Waals surface area contributed by atoms with Gasteiger partial charge in [0, 0.05) is 11.6 Å². The highest BCUT2D eigenvalue weighted by atomic mass is 32.2. The number of carbonyl (C=O) groups excluding carboxylic acids is 3. The van der Waals surface area contributed by atoms with Crippen LogP contribution in [0.5, 0.6) is 0 Å². The van der Waals surface area contributed by atoms with Gasteiger partial charge in [-0.2, -0.15) is 0 Å². The Labute approximate surface area is 199 Å². The van der Waals surface area contributed by atoms with Gasteiger partial charge < -0.3 is 5.32 Å². The fraction of sp³-hybridized carbons (Fsp3) is 0.542. The second kappa shape index (κ2) is 9.14. The van der Waals surface area contributed by atoms with E-state index in [9.17, 15) is 22.8 Å². The molecule has 0 spiro atoms. The van der Waals surface area contributed by atoms with Crippen LogP contribution in [0.4, 0.5) is 5.69 Å². The number of carbonyl (C=O) groups is 3. The van der Waals surface area contributed by atoms with E-state index in [2.05, 4.69) is 15.6 Å². The van der Waals surface area contributed by atoms with Gasteiger partial charge in [-0.25, -0.2) is 13.4 Å². The Morgan fingerprint density at radius 1 is 1.00 bits per heavy atom. The monoisotopic (exact) mass is 486 g/mol. The van der Waals surface area contributed by atoms with Gasteiger partial charge >= 0.3 is 0 Å². The number of nitrogens with zero attached hydrogens (tertiary/aromatic N) is 2. The van der Waals surface area contributed by atoms with Gasteiger partial charge in [0.2, 0.25) is 11.8 Å². The van der Waals surface area contributed by atoms with E-state index in [1.54, 1.807) is 24.3 Å². The Hall–Kier alpha value is -2.72. The minimum Gasteiger partial charge on any atom is -0.347 e. The predicted octanol–water partition coefficient (Wildman–Crippen LogP) is 1.03. The van der Waals surface area contributed by atoms with Crippen LogP contribution in [0.15, 0.2) is 36.4 Å². The second-order valence-electron chi connectivity index (χ2n) is 9.68. The summed E-state index contributed by atoms with van der Waals surface area (Å²) >= 11 is 0. The number of nitrogens with one attached hydrogen (secondary N) is 2. The molecule has 3 fully saturated rings. The minimum absolute atomic E-state index is 0.0588. The number of benzene rings is 1. The molecule has 4 atom stereocenters. The van der Waals surface area contributed by atoms with Gasteiger partial charge in [-0.3, -0.25) is 24.7 Å². The lowest BCUT2D eigenvalue weighted by atomic mass is 9.80. The Morgan fingerprint density at radius 2 is 1.74 bits per heavy atom. The maximum atomic E-state index is 13.1. The van der Waals surface area contributed by atoms with E-state index in [1.807, 2.05) is 12.2 Å². The predicted molar refractivity (Wildman–Crippen MR) is 127 cm³/mol. The molecule has 0 saturated carbocycles. The summed E-state index contributed by atoms with van der Waals surface area (Å²) in [4.78, 5) is 40.9. The third-order valence-corrected chi connectivity index (χ3v) is 9.11. The van der Waals surface area contributed by atoms with E-state index in [-0.39, 0.29) is 41.2 Å². The maximum Gasteiger partial charge on any atom is 0.251 e. The molecule has 4 unspecified atom stereocenters. The highest BCUT2D eigenvalue weighted by Gasteiger charge is 2.43. The largest absolute Gasteiger partial charge is 0.347 e. The van der Waals surface area contributed by atoms with Crippen molar-refractivity contribution in [2.24, 2.45) is 11.8 Å². The van der Waals surface area contributed by atoms with E-state index in [0.29, 0.717) is 24.1 Å². The quantitative estimate of drug-likeness (QED) is 0.614. The summed E-state index contributed by atoms with van der Waals surface area (Å²) in [6.07, 6.45) is 8.12. The van der Waals surface area contributed by atoms with Gasteiger partial charge in [-0.05, 0) is 57.0 Å². The van der Waals surface area contributed by atoms with Crippen LogP contribution in [0.2, 0.25) is 0 Å². The molecule has 3 aliphatic heterocycles. The summed E-state index contributed by atoms with van der Waals surface area (Å²) in [6.45, 7) is 1.69. The molecule has 5 rings (SSSR count). The van der Waals surface area contributed by atoms with Crippen molar-refractivity contribution < 1.29 is 22.8 Å². The number of sulfone groups is 1. The zero-order chi connectivity index (χ0) is 23.9. The van der Waals surface area contributed by atoms with Crippen LogP contribution in [0.25, 0.3) is 0 Å². The number of amides is 3. The van der Waals surface area contributed by atoms with Crippen LogP contribution in [-0.4, -0.2) is 67.7 Å². The van der Waals surface area contributed by atoms with Crippen molar-refractivity contribution in [2.75, 3.05) is 29.6 Å². The van der Waals surface area contributed by atoms with Crippen LogP contribution in [0.3, 0.4) is 0 Å². The first-order chi connectivity index (χ1) is 16.3. The first-order valence-corrected chi connectivity index (χ1v) is 13.8. The highest BCUT2D eigenvalue weighted by Crippen LogP contribution is 2.32. The van der Waals surface area contributed by atoms with Crippen molar-refractivity contribution in [3.05, 3.63) is 42.0 Å². The molecule has 2 N–H and O–H groups in total. The van der Waals surface area contributed by atoms with E-state index in [4.69, 9.17) is 0 Å². The van der Waals surface area contributed by atoms with Crippen molar-refractivity contribution in [1.82, 2.24) is 15.6 Å². The summed E-state index contributed by atoms with van der Waals surface area (Å²) in [6, 6.07) is 5.81. The fourth-order valence-corrected chi connectivity index (χ4v) is 7.55. The molecule has 34 heavy (non-hydrogen) atoms. The molecule has 1 aliphatic carbocycles. The van der Waals surface area contributed by atoms with Crippen LogP contribution in [-0.2, 0) is 19.4 Å². The number of hydrogen-bond acceptors (Lipinski definition) is 6. The Balaban J connectivity index is 1.33. The summed E-state index contributed by atoms with van der Waals surface area (Å²) < 4.78 is 24.8. The highest BCUT2D eigenvalue weighted by molar-refractivity contribution is 7.91. The van der Waals surface area contributed by atoms with Crippen molar-refractivity contribution in [1.29, 1.82) is 0 Å². The summed E-state index contributed by atoms with van der Waals surface area (Å²) in [5.41, 5.74) is 3.39. The Bertz CT molecular complexity index is 1130. The lowest BCUT2D eigenvalue weighted by Crippen LogP contribution is -2.59. The first-order valence-electron chi connectivity index (χ1n) is 12.0. The smallest absolute Gasteiger partial charge is 0.251 e. The fourth-order valence-electron chi connectivity index (χ4n) is 5.60. The Morgan fingerprint density at radius 3 is 2.50 bits per heavy atom. The third kappa shape index (κ3) is 4.48. The number of fused-ring (bicyclic) bond motifs is 1. The molecule has 10 heteroatoms. The lowest BCUT2D eigenvalue weighted by molar-refractivity contribution is -0.139. The maximum absolute atomic E-state index is 13.1. The normalized spacial score (nSPS) is 31.1. The Kier molecular flexibility index (Phi) is 6.20. The first kappa shape index (κ1) is 23.0. The van der Waals surface area contributed by atoms with Crippen LogP contribution < -0.4 is 15.8 Å². The van der Waals surface area contributed by atoms with Crippen molar-refractivity contribution in [2.45, 2.75) is 44.2 Å². The number of piperidine rings is 1. The number of anilines is 1. The molecule has 9 nitrogen and oxygen atoms in total. The van der Waals surface area contributed by atoms with E-state index in [0.717, 1.165) is 32.4 Å². The van der Waals surface area contributed by atoms with Gasteiger partial charge in [-0.15, -0.1) is 0 Å². The molecule has 0 bridgehead atoms. The topological polar surface area (TPSA) is 116 Å². The molecule has 3 saturated heterocycles. The van der Waals surface area contributed by atoms with Gasteiger partial charge in [0.05, 0.1) is 35.1 Å². The molecule has 3 amide bonds. The van der Waals surface area contributed by atoms with Gasteiger partial charge in [-0.1, -0.05) is 24.6 Å². The molecule has 3 heterocycles. The third-order valence-electron chi connectivity index (χ3n) is 7.39. The van der Waals surface area contributed by atoms with Gasteiger partial charge in [0.15, 0.2) is 9.84 Å². The zero-order valence-corrected chi connectivity index (χ0v) is 19.8. The molecule has 4 aliphatic rings. The van der Waals surface area contributed by atoms with Crippen LogP contribution in [0.1, 0.15) is 42.5 Å². The summed E-state index contributed by atoms with van der Waals surface area (Å²) in [5, 5.41) is 4.17. The van der Waals surface area contributed by atoms with E-state index < -0.39 is 21.8 Å². The molecule has 1 aromatic carbocycles. The number of hydrogen-bond donors (Lipinski definition) is 2. The molecule has 0 radical (unpaired) electrons. The van der Waals surface area contributed by atoms with Crippen molar-refractivity contribution in [3.63, 3.8) is 0 Å². The van der Waals surface area contributed by atoms with Crippen molar-refractivity contribution >= 4 is 33.2 Å². The average molecular weight is 487 g/mol. The van der Waals surface area contributed by atoms with E-state index in [1.165, 1.54) is 5.01 Å². The van der Waals surface area contributed by atoms with Crippen molar-refractivity contribution in [3.8, 4) is 0 Å². The summed E-state index contributed by atoms with van der Waals surface area (Å²) in [7, 11) is -3.23. The van der Waals surface area contributed by atoms with Gasteiger partial charge in [0.25, 0.3) is 5.91 Å².